The summed E-state index contributed by atoms with van der Waals surface area (Å²) in [5.41, 5.74) is 3.78. The number of halogens is 1. The van der Waals surface area contributed by atoms with Gasteiger partial charge in [-0.25, -0.2) is 17.9 Å². The minimum atomic E-state index is -3.65. The van der Waals surface area contributed by atoms with E-state index in [0.717, 1.165) is 35.1 Å². The fourth-order valence-corrected chi connectivity index (χ4v) is 5.67. The van der Waals surface area contributed by atoms with E-state index in [1.54, 1.807) is 12.1 Å². The van der Waals surface area contributed by atoms with Crippen molar-refractivity contribution in [3.63, 3.8) is 0 Å². The van der Waals surface area contributed by atoms with Gasteiger partial charge in [-0.1, -0.05) is 24.3 Å². The Morgan fingerprint density at radius 1 is 1.14 bits per heavy atom. The summed E-state index contributed by atoms with van der Waals surface area (Å²) in [6.45, 7) is 0.617. The van der Waals surface area contributed by atoms with Gasteiger partial charge in [0, 0.05) is 13.1 Å². The molecule has 29 heavy (non-hydrogen) atoms. The molecule has 2 aromatic rings. The van der Waals surface area contributed by atoms with Gasteiger partial charge in [0.1, 0.15) is 5.82 Å². The lowest BCUT2D eigenvalue weighted by Crippen LogP contribution is -2.45. The highest BCUT2D eigenvalue weighted by Crippen LogP contribution is 2.36. The van der Waals surface area contributed by atoms with Crippen LogP contribution in [0.1, 0.15) is 24.0 Å². The normalized spacial score (nSPS) is 18.1. The van der Waals surface area contributed by atoms with E-state index < -0.39 is 16.1 Å². The number of hydroxylamine groups is 2. The van der Waals surface area contributed by atoms with Gasteiger partial charge >= 0.3 is 0 Å². The lowest BCUT2D eigenvalue weighted by molar-refractivity contribution is -0.160. The summed E-state index contributed by atoms with van der Waals surface area (Å²) in [5.74, 6) is -0.551. The molecule has 1 aliphatic heterocycles. The minimum absolute atomic E-state index is 0.0298. The number of sulfonamides is 1. The van der Waals surface area contributed by atoms with E-state index in [9.17, 15) is 22.8 Å². The molecule has 0 aromatic heterocycles. The van der Waals surface area contributed by atoms with Gasteiger partial charge in [-0.05, 0) is 65.6 Å². The molecule has 1 unspecified atom stereocenters. The Morgan fingerprint density at radius 3 is 2.48 bits per heavy atom. The molecule has 0 bridgehead atoms. The van der Waals surface area contributed by atoms with Crippen molar-refractivity contribution in [3.05, 3.63) is 59.4 Å². The van der Waals surface area contributed by atoms with Gasteiger partial charge in [0.25, 0.3) is 0 Å². The molecule has 1 fully saturated rings. The van der Waals surface area contributed by atoms with Crippen LogP contribution in [0, 0.1) is 11.7 Å². The zero-order chi connectivity index (χ0) is 20.6. The number of fused-ring (bicyclic) bond motifs is 1. The lowest BCUT2D eigenvalue weighted by atomic mass is 9.95. The quantitative estimate of drug-likeness (QED) is 0.426. The second kappa shape index (κ2) is 7.85. The number of carbonyl (C=O) groups is 1. The van der Waals surface area contributed by atoms with Crippen molar-refractivity contribution in [2.45, 2.75) is 31.8 Å². The number of hydrogen-bond donors (Lipinski definition) is 1. The molecule has 4 rings (SSSR count). The molecule has 2 aromatic carbocycles. The predicted molar refractivity (Wildman–Crippen MR) is 106 cm³/mol. The van der Waals surface area contributed by atoms with Gasteiger partial charge in [-0.3, -0.25) is 10.0 Å². The molecule has 1 saturated carbocycles. The van der Waals surface area contributed by atoms with E-state index in [0.29, 0.717) is 18.0 Å². The van der Waals surface area contributed by atoms with Gasteiger partial charge < -0.3 is 0 Å². The van der Waals surface area contributed by atoms with E-state index in [1.165, 1.54) is 16.4 Å². The van der Waals surface area contributed by atoms with Crippen LogP contribution in [0.5, 0.6) is 0 Å². The van der Waals surface area contributed by atoms with Crippen molar-refractivity contribution in [1.82, 2.24) is 9.37 Å². The maximum absolute atomic E-state index is 13.2. The monoisotopic (exact) mass is 418 g/mol. The molecule has 2 aliphatic rings. The van der Waals surface area contributed by atoms with Crippen molar-refractivity contribution in [1.29, 1.82) is 0 Å². The number of hydrogen-bond acceptors (Lipinski definition) is 4. The van der Waals surface area contributed by atoms with Crippen LogP contribution in [0.3, 0.4) is 0 Å². The third-order valence-corrected chi connectivity index (χ3v) is 7.61. The molecule has 154 valence electrons. The second-order valence-corrected chi connectivity index (χ2v) is 9.76. The first-order chi connectivity index (χ1) is 13.9. The molecule has 1 atom stereocenters. The van der Waals surface area contributed by atoms with Crippen molar-refractivity contribution in [2.24, 2.45) is 5.92 Å². The standard InChI is InChI=1S/C21H23FN2O4S/c22-20-7-5-15(6-8-20)18-4-1-16-9-10-23(12-19(16)11-18)29(27,28)13-21(17-2-3-17)24(26)14-25/h1,4-8,11,14,17,21,26H,2-3,9-10,12-13H2. The highest BCUT2D eigenvalue weighted by Gasteiger charge is 2.40. The highest BCUT2D eigenvalue weighted by molar-refractivity contribution is 7.89. The van der Waals surface area contributed by atoms with Crippen LogP contribution in [0.15, 0.2) is 42.5 Å². The Kier molecular flexibility index (Phi) is 5.42. The van der Waals surface area contributed by atoms with Crippen LogP contribution in [0.4, 0.5) is 4.39 Å². The Morgan fingerprint density at radius 2 is 1.83 bits per heavy atom. The van der Waals surface area contributed by atoms with Crippen LogP contribution >= 0.6 is 0 Å². The summed E-state index contributed by atoms with van der Waals surface area (Å²) in [7, 11) is -3.65. The molecular formula is C21H23FN2O4S. The number of amides is 1. The van der Waals surface area contributed by atoms with E-state index in [1.807, 2.05) is 18.2 Å². The third kappa shape index (κ3) is 4.34. The SMILES string of the molecule is O=CN(O)C(CS(=O)(=O)N1CCc2ccc(-c3ccc(F)cc3)cc2C1)C1CC1. The minimum Gasteiger partial charge on any atom is -0.286 e. The Labute approximate surface area is 169 Å². The second-order valence-electron chi connectivity index (χ2n) is 7.74. The fraction of sp³-hybridized carbons (Fsp3) is 0.381. The van der Waals surface area contributed by atoms with E-state index in [2.05, 4.69) is 0 Å². The molecular weight excluding hydrogens is 395 g/mol. The summed E-state index contributed by atoms with van der Waals surface area (Å²) >= 11 is 0. The molecule has 6 nitrogen and oxygen atoms in total. The molecule has 1 heterocycles. The van der Waals surface area contributed by atoms with Crippen LogP contribution in [-0.4, -0.2) is 47.7 Å². The molecule has 8 heteroatoms. The van der Waals surface area contributed by atoms with Crippen molar-refractivity contribution in [3.8, 4) is 11.1 Å². The third-order valence-electron chi connectivity index (χ3n) is 5.75. The van der Waals surface area contributed by atoms with E-state index >= 15 is 0 Å². The maximum atomic E-state index is 13.2. The van der Waals surface area contributed by atoms with E-state index in [-0.39, 0.29) is 30.4 Å². The molecule has 1 aliphatic carbocycles. The van der Waals surface area contributed by atoms with Crippen molar-refractivity contribution >= 4 is 16.4 Å². The number of benzene rings is 2. The lowest BCUT2D eigenvalue weighted by Gasteiger charge is -2.31. The Hall–Kier alpha value is -2.29. The summed E-state index contributed by atoms with van der Waals surface area (Å²) in [6, 6.07) is 11.4. The fourth-order valence-electron chi connectivity index (χ4n) is 3.90. The van der Waals surface area contributed by atoms with Crippen LogP contribution in [0.25, 0.3) is 11.1 Å². The van der Waals surface area contributed by atoms with Gasteiger partial charge in [-0.2, -0.15) is 4.31 Å². The van der Waals surface area contributed by atoms with Crippen molar-refractivity contribution < 1.29 is 22.8 Å². The summed E-state index contributed by atoms with van der Waals surface area (Å²) in [5, 5.41) is 10.3. The van der Waals surface area contributed by atoms with E-state index in [4.69, 9.17) is 0 Å². The number of rotatable bonds is 7. The van der Waals surface area contributed by atoms with Gasteiger partial charge in [0.05, 0.1) is 11.8 Å². The predicted octanol–water partition coefficient (Wildman–Crippen LogP) is 2.81. The average molecular weight is 418 g/mol. The topological polar surface area (TPSA) is 77.9 Å². The Balaban J connectivity index is 1.54. The van der Waals surface area contributed by atoms with Crippen LogP contribution < -0.4 is 0 Å². The highest BCUT2D eigenvalue weighted by atomic mass is 32.2. The zero-order valence-corrected chi connectivity index (χ0v) is 16.7. The molecule has 0 saturated heterocycles. The van der Waals surface area contributed by atoms with Crippen LogP contribution in [0.2, 0.25) is 0 Å². The van der Waals surface area contributed by atoms with Gasteiger partial charge in [0.15, 0.2) is 0 Å². The molecule has 0 spiro atoms. The molecule has 0 radical (unpaired) electrons. The average Bonchev–Trinajstić information content (AvgIpc) is 3.56. The Bertz CT molecular complexity index is 1010. The van der Waals surface area contributed by atoms with Gasteiger partial charge in [0.2, 0.25) is 16.4 Å². The molecule has 1 amide bonds. The number of carbonyl (C=O) groups excluding carboxylic acids is 1. The summed E-state index contributed by atoms with van der Waals surface area (Å²) < 4.78 is 40.6. The number of nitrogens with zero attached hydrogens (tertiary/aromatic N) is 2. The largest absolute Gasteiger partial charge is 0.286 e. The summed E-state index contributed by atoms with van der Waals surface area (Å²) in [4.78, 5) is 10.9. The van der Waals surface area contributed by atoms with Crippen molar-refractivity contribution in [2.75, 3.05) is 12.3 Å². The zero-order valence-electron chi connectivity index (χ0n) is 15.9. The summed E-state index contributed by atoms with van der Waals surface area (Å²) in [6.07, 6.45) is 2.51. The molecule has 1 N–H and O–H groups in total. The first-order valence-corrected chi connectivity index (χ1v) is 11.3. The first kappa shape index (κ1) is 20.0. The smallest absolute Gasteiger partial charge is 0.233 e. The van der Waals surface area contributed by atoms with Crippen LogP contribution in [-0.2, 0) is 27.8 Å². The maximum Gasteiger partial charge on any atom is 0.233 e. The first-order valence-electron chi connectivity index (χ1n) is 9.65. The van der Waals surface area contributed by atoms with Gasteiger partial charge in [-0.15, -0.1) is 0 Å².